The number of fused-ring (bicyclic) bond motifs is 1. The van der Waals surface area contributed by atoms with Crippen molar-refractivity contribution in [3.8, 4) is 0 Å². The van der Waals surface area contributed by atoms with Gasteiger partial charge in [-0.05, 0) is 23.8 Å². The Bertz CT molecular complexity index is 543. The van der Waals surface area contributed by atoms with Crippen LogP contribution in [0.25, 0.3) is 0 Å². The Labute approximate surface area is 121 Å². The van der Waals surface area contributed by atoms with E-state index >= 15 is 0 Å². The number of anilines is 1. The number of carbonyl (C=O) groups excluding carboxylic acids is 1. The highest BCUT2D eigenvalue weighted by Gasteiger charge is 2.36. The average Bonchev–Trinajstić information content (AvgIpc) is 3.05. The highest BCUT2D eigenvalue weighted by atomic mass is 32.2. The van der Waals surface area contributed by atoms with E-state index in [1.807, 2.05) is 23.9 Å². The Balaban J connectivity index is 1.80. The van der Waals surface area contributed by atoms with Crippen molar-refractivity contribution in [1.82, 2.24) is 5.32 Å². The molecule has 2 aliphatic rings. The van der Waals surface area contributed by atoms with Gasteiger partial charge >= 0.3 is 12.0 Å². The number of aliphatic carboxylic acids is 1. The second-order valence-corrected chi connectivity index (χ2v) is 6.22. The lowest BCUT2D eigenvalue weighted by Crippen LogP contribution is -2.45. The van der Waals surface area contributed by atoms with E-state index < -0.39 is 11.9 Å². The number of hydrogen-bond acceptors (Lipinski definition) is 3. The smallest absolute Gasteiger partial charge is 0.322 e. The molecule has 1 saturated heterocycles. The number of carbonyl (C=O) groups is 2. The lowest BCUT2D eigenvalue weighted by Gasteiger charge is -2.21. The van der Waals surface area contributed by atoms with Crippen molar-refractivity contribution in [1.29, 1.82) is 0 Å². The van der Waals surface area contributed by atoms with Gasteiger partial charge in [-0.25, -0.2) is 4.79 Å². The standard InChI is InChI=1S/C14H16N2O3S/c17-13(18)11-7-16(12-4-2-1-3-10(11)12)14(19)15-9-5-6-20-8-9/h1-4,9,11H,5-8H2,(H,15,19)(H,17,18). The maximum absolute atomic E-state index is 12.3. The fraction of sp³-hybridized carbons (Fsp3) is 0.429. The first kappa shape index (κ1) is 13.3. The Kier molecular flexibility index (Phi) is 3.56. The average molecular weight is 292 g/mol. The third-order valence-corrected chi connectivity index (χ3v) is 4.93. The number of nitrogens with one attached hydrogen (secondary N) is 1. The number of carboxylic acids is 1. The number of hydrogen-bond donors (Lipinski definition) is 2. The maximum Gasteiger partial charge on any atom is 0.322 e. The molecule has 0 bridgehead atoms. The predicted octanol–water partition coefficient (Wildman–Crippen LogP) is 1.89. The number of urea groups is 1. The highest BCUT2D eigenvalue weighted by Crippen LogP contribution is 2.36. The van der Waals surface area contributed by atoms with Crippen LogP contribution in [0.4, 0.5) is 10.5 Å². The van der Waals surface area contributed by atoms with E-state index in [0.29, 0.717) is 5.69 Å². The van der Waals surface area contributed by atoms with Crippen molar-refractivity contribution < 1.29 is 14.7 Å². The molecular weight excluding hydrogens is 276 g/mol. The fourth-order valence-corrected chi connectivity index (χ4v) is 3.86. The molecule has 1 fully saturated rings. The minimum atomic E-state index is -0.885. The van der Waals surface area contributed by atoms with Crippen LogP contribution >= 0.6 is 11.8 Å². The summed E-state index contributed by atoms with van der Waals surface area (Å²) in [6, 6.07) is 7.24. The molecular formula is C14H16N2O3S. The number of carboxylic acid groups (broad SMARTS) is 1. The zero-order chi connectivity index (χ0) is 14.1. The lowest BCUT2D eigenvalue weighted by atomic mass is 10.0. The van der Waals surface area contributed by atoms with Crippen LogP contribution in [0.5, 0.6) is 0 Å². The van der Waals surface area contributed by atoms with Gasteiger partial charge in [0.25, 0.3) is 0 Å². The molecule has 0 spiro atoms. The van der Waals surface area contributed by atoms with Gasteiger partial charge in [0, 0.05) is 24.0 Å². The summed E-state index contributed by atoms with van der Waals surface area (Å²) in [6.45, 7) is 0.209. The van der Waals surface area contributed by atoms with Crippen LogP contribution in [-0.2, 0) is 4.79 Å². The van der Waals surface area contributed by atoms with E-state index in [9.17, 15) is 14.7 Å². The molecule has 2 unspecified atom stereocenters. The predicted molar refractivity (Wildman–Crippen MR) is 78.4 cm³/mol. The van der Waals surface area contributed by atoms with Crippen molar-refractivity contribution in [3.63, 3.8) is 0 Å². The van der Waals surface area contributed by atoms with E-state index in [1.54, 1.807) is 17.0 Å². The third-order valence-electron chi connectivity index (χ3n) is 3.77. The molecule has 1 aromatic rings. The molecule has 106 valence electrons. The number of rotatable bonds is 2. The quantitative estimate of drug-likeness (QED) is 0.873. The lowest BCUT2D eigenvalue weighted by molar-refractivity contribution is -0.138. The molecule has 1 aromatic carbocycles. The fourth-order valence-electron chi connectivity index (χ4n) is 2.71. The van der Waals surface area contributed by atoms with Gasteiger partial charge in [0.1, 0.15) is 5.92 Å². The summed E-state index contributed by atoms with van der Waals surface area (Å²) in [4.78, 5) is 25.2. The highest BCUT2D eigenvalue weighted by molar-refractivity contribution is 7.99. The minimum absolute atomic E-state index is 0.186. The summed E-state index contributed by atoms with van der Waals surface area (Å²) >= 11 is 1.83. The topological polar surface area (TPSA) is 69.6 Å². The monoisotopic (exact) mass is 292 g/mol. The first-order valence-electron chi connectivity index (χ1n) is 6.64. The van der Waals surface area contributed by atoms with Gasteiger partial charge < -0.3 is 10.4 Å². The summed E-state index contributed by atoms with van der Waals surface area (Å²) in [5.74, 6) is 0.488. The van der Waals surface area contributed by atoms with Gasteiger partial charge in [-0.1, -0.05) is 18.2 Å². The van der Waals surface area contributed by atoms with Crippen LogP contribution in [0.3, 0.4) is 0 Å². The summed E-state index contributed by atoms with van der Waals surface area (Å²) in [5, 5.41) is 12.3. The second kappa shape index (κ2) is 5.36. The molecule has 2 amide bonds. The first-order valence-corrected chi connectivity index (χ1v) is 7.80. The van der Waals surface area contributed by atoms with Gasteiger partial charge in [-0.2, -0.15) is 11.8 Å². The Morgan fingerprint density at radius 1 is 1.35 bits per heavy atom. The molecule has 2 N–H and O–H groups in total. The summed E-state index contributed by atoms with van der Waals surface area (Å²) in [6.07, 6.45) is 0.980. The normalized spacial score (nSPS) is 24.5. The number of nitrogens with zero attached hydrogens (tertiary/aromatic N) is 1. The van der Waals surface area contributed by atoms with E-state index in [0.717, 1.165) is 23.5 Å². The summed E-state index contributed by atoms with van der Waals surface area (Å²) in [7, 11) is 0. The molecule has 2 atom stereocenters. The van der Waals surface area contributed by atoms with E-state index in [-0.39, 0.29) is 18.6 Å². The second-order valence-electron chi connectivity index (χ2n) is 5.07. The van der Waals surface area contributed by atoms with Gasteiger partial charge in [0.05, 0.1) is 0 Å². The van der Waals surface area contributed by atoms with Gasteiger partial charge in [0.2, 0.25) is 0 Å². The van der Waals surface area contributed by atoms with Crippen LogP contribution < -0.4 is 10.2 Å². The van der Waals surface area contributed by atoms with Crippen LogP contribution in [0, 0.1) is 0 Å². The molecule has 0 radical (unpaired) electrons. The summed E-state index contributed by atoms with van der Waals surface area (Å²) in [5.41, 5.74) is 1.43. The van der Waals surface area contributed by atoms with Crippen molar-refractivity contribution in [2.75, 3.05) is 23.0 Å². The molecule has 0 saturated carbocycles. The first-order chi connectivity index (χ1) is 9.66. The van der Waals surface area contributed by atoms with Crippen molar-refractivity contribution in [2.45, 2.75) is 18.4 Å². The van der Waals surface area contributed by atoms with Crippen LogP contribution in [0.2, 0.25) is 0 Å². The number of para-hydroxylation sites is 1. The van der Waals surface area contributed by atoms with E-state index in [4.69, 9.17) is 0 Å². The van der Waals surface area contributed by atoms with Gasteiger partial charge in [0.15, 0.2) is 0 Å². The third kappa shape index (κ3) is 2.35. The Hall–Kier alpha value is -1.69. The minimum Gasteiger partial charge on any atom is -0.481 e. The van der Waals surface area contributed by atoms with Crippen molar-refractivity contribution >= 4 is 29.4 Å². The van der Waals surface area contributed by atoms with Crippen LogP contribution in [-0.4, -0.2) is 41.2 Å². The summed E-state index contributed by atoms with van der Waals surface area (Å²) < 4.78 is 0. The molecule has 20 heavy (non-hydrogen) atoms. The molecule has 0 aromatic heterocycles. The maximum atomic E-state index is 12.3. The Morgan fingerprint density at radius 2 is 2.15 bits per heavy atom. The van der Waals surface area contributed by atoms with Crippen LogP contribution in [0.1, 0.15) is 17.9 Å². The zero-order valence-corrected chi connectivity index (χ0v) is 11.7. The van der Waals surface area contributed by atoms with Gasteiger partial charge in [-0.3, -0.25) is 9.69 Å². The Morgan fingerprint density at radius 3 is 2.85 bits per heavy atom. The van der Waals surface area contributed by atoms with E-state index in [2.05, 4.69) is 5.32 Å². The van der Waals surface area contributed by atoms with E-state index in [1.165, 1.54) is 0 Å². The largest absolute Gasteiger partial charge is 0.481 e. The van der Waals surface area contributed by atoms with Crippen LogP contribution in [0.15, 0.2) is 24.3 Å². The zero-order valence-electron chi connectivity index (χ0n) is 10.9. The number of benzene rings is 1. The van der Waals surface area contributed by atoms with Crippen molar-refractivity contribution in [2.24, 2.45) is 0 Å². The number of thioether (sulfide) groups is 1. The van der Waals surface area contributed by atoms with Crippen molar-refractivity contribution in [3.05, 3.63) is 29.8 Å². The number of amides is 2. The molecule has 2 aliphatic heterocycles. The molecule has 5 nitrogen and oxygen atoms in total. The SMILES string of the molecule is O=C(O)C1CN(C(=O)NC2CCSC2)c2ccccc21. The molecule has 3 rings (SSSR count). The molecule has 0 aliphatic carbocycles. The van der Waals surface area contributed by atoms with Gasteiger partial charge in [-0.15, -0.1) is 0 Å². The molecule has 6 heteroatoms. The molecule has 2 heterocycles.